The third-order valence-corrected chi connectivity index (χ3v) is 2.97. The number of halogens is 1. The zero-order valence-electron chi connectivity index (χ0n) is 5.52. The van der Waals surface area contributed by atoms with Gasteiger partial charge in [0.05, 0.1) is 9.99 Å². The lowest BCUT2D eigenvalue weighted by atomic mass is 10.3. The first-order chi connectivity index (χ1) is 5.29. The summed E-state index contributed by atoms with van der Waals surface area (Å²) in [5, 5.41) is 1.12. The van der Waals surface area contributed by atoms with Crippen LogP contribution in [0.5, 0.6) is 0 Å². The minimum absolute atomic E-state index is 0.733. The Kier molecular flexibility index (Phi) is 1.58. The van der Waals surface area contributed by atoms with E-state index in [1.807, 2.05) is 18.5 Å². The van der Waals surface area contributed by atoms with Crippen molar-refractivity contribution in [2.45, 2.75) is 0 Å². The Hall–Kier alpha value is -0.610. The molecule has 4 heteroatoms. The first kappa shape index (κ1) is 7.06. The molecule has 11 heavy (non-hydrogen) atoms. The summed E-state index contributed by atoms with van der Waals surface area (Å²) in [4.78, 5) is 6.05. The quantitative estimate of drug-likeness (QED) is 0.668. The Labute approximate surface area is 76.8 Å². The smallest absolute Gasteiger partial charge is 0.118 e. The van der Waals surface area contributed by atoms with Crippen molar-refractivity contribution in [3.8, 4) is 0 Å². The number of aromatic nitrogens is 2. The van der Waals surface area contributed by atoms with Crippen LogP contribution >= 0.6 is 28.1 Å². The van der Waals surface area contributed by atoms with Crippen LogP contribution in [0.3, 0.4) is 0 Å². The molecule has 0 fully saturated rings. The Morgan fingerprint density at radius 2 is 2.18 bits per heavy atom. The van der Waals surface area contributed by atoms with Crippen LogP contribution in [-0.4, -0.2) is 9.97 Å². The number of aromatic amines is 2. The molecule has 2 nitrogen and oxygen atoms in total. The van der Waals surface area contributed by atoms with Crippen LogP contribution in [0.2, 0.25) is 0 Å². The molecular formula is C7H5BrN2S. The molecule has 0 unspecified atom stereocenters. The van der Waals surface area contributed by atoms with Gasteiger partial charge in [-0.15, -0.1) is 0 Å². The van der Waals surface area contributed by atoms with Crippen molar-refractivity contribution < 1.29 is 0 Å². The second-order valence-corrected chi connectivity index (χ2v) is 3.44. The minimum atomic E-state index is 0.733. The number of hydrogen-bond acceptors (Lipinski definition) is 1. The molecule has 0 atom stereocenters. The number of nitrogens with one attached hydrogen (secondary N) is 2. The molecule has 0 amide bonds. The second-order valence-electron chi connectivity index (χ2n) is 2.24. The molecule has 2 aromatic heterocycles. The molecule has 0 radical (unpaired) electrons. The average Bonchev–Trinajstić information content (AvgIpc) is 2.45. The van der Waals surface area contributed by atoms with Crippen LogP contribution in [0.25, 0.3) is 10.9 Å². The van der Waals surface area contributed by atoms with Crippen molar-refractivity contribution in [2.75, 3.05) is 0 Å². The maximum atomic E-state index is 5.03. The van der Waals surface area contributed by atoms with E-state index >= 15 is 0 Å². The summed E-state index contributed by atoms with van der Waals surface area (Å²) in [6.45, 7) is 0. The van der Waals surface area contributed by atoms with Crippen molar-refractivity contribution in [3.05, 3.63) is 27.6 Å². The van der Waals surface area contributed by atoms with E-state index in [9.17, 15) is 0 Å². The maximum absolute atomic E-state index is 5.03. The van der Waals surface area contributed by atoms with E-state index in [-0.39, 0.29) is 0 Å². The second kappa shape index (κ2) is 2.46. The Balaban J connectivity index is 3.04. The average molecular weight is 229 g/mol. The van der Waals surface area contributed by atoms with Gasteiger partial charge in [0.2, 0.25) is 0 Å². The number of hydrogen-bond donors (Lipinski definition) is 2. The summed E-state index contributed by atoms with van der Waals surface area (Å²) in [6, 6.07) is 1.99. The zero-order valence-corrected chi connectivity index (χ0v) is 7.92. The number of H-pyrrole nitrogens is 2. The molecule has 0 saturated carbocycles. The highest BCUT2D eigenvalue weighted by Crippen LogP contribution is 2.22. The Morgan fingerprint density at radius 1 is 1.36 bits per heavy atom. The van der Waals surface area contributed by atoms with E-state index < -0.39 is 0 Å². The van der Waals surface area contributed by atoms with Gasteiger partial charge in [0.1, 0.15) is 4.64 Å². The molecule has 0 aliphatic rings. The van der Waals surface area contributed by atoms with Crippen LogP contribution in [-0.2, 0) is 0 Å². The SMILES string of the molecule is S=c1[nH]cc2[nH]ccc2c1Br. The molecule has 2 rings (SSSR count). The predicted molar refractivity (Wildman–Crippen MR) is 51.2 cm³/mol. The van der Waals surface area contributed by atoms with Gasteiger partial charge >= 0.3 is 0 Å². The lowest BCUT2D eigenvalue weighted by Gasteiger charge is -1.92. The first-order valence-electron chi connectivity index (χ1n) is 3.13. The number of pyridine rings is 1. The van der Waals surface area contributed by atoms with E-state index in [2.05, 4.69) is 25.9 Å². The van der Waals surface area contributed by atoms with Crippen LogP contribution < -0.4 is 0 Å². The normalized spacial score (nSPS) is 10.6. The third kappa shape index (κ3) is 1.02. The van der Waals surface area contributed by atoms with Crippen molar-refractivity contribution in [3.63, 3.8) is 0 Å². The van der Waals surface area contributed by atoms with Crippen LogP contribution in [0.15, 0.2) is 22.9 Å². The highest BCUT2D eigenvalue weighted by atomic mass is 79.9. The molecule has 0 aliphatic heterocycles. The van der Waals surface area contributed by atoms with Gasteiger partial charge in [-0.2, -0.15) is 0 Å². The summed E-state index contributed by atoms with van der Waals surface area (Å²) >= 11 is 8.43. The fourth-order valence-corrected chi connectivity index (χ4v) is 1.65. The Bertz CT molecular complexity index is 443. The molecule has 0 aromatic carbocycles. The molecule has 0 bridgehead atoms. The fourth-order valence-electron chi connectivity index (χ4n) is 1.02. The van der Waals surface area contributed by atoms with E-state index in [0.29, 0.717) is 0 Å². The number of fused-ring (bicyclic) bond motifs is 1. The fraction of sp³-hybridized carbons (Fsp3) is 0. The summed E-state index contributed by atoms with van der Waals surface area (Å²) in [6.07, 6.45) is 3.75. The minimum Gasteiger partial charge on any atom is -0.360 e. The molecular weight excluding hydrogens is 224 g/mol. The maximum Gasteiger partial charge on any atom is 0.118 e. The van der Waals surface area contributed by atoms with Crippen molar-refractivity contribution in [1.29, 1.82) is 0 Å². The lowest BCUT2D eigenvalue weighted by molar-refractivity contribution is 1.30. The van der Waals surface area contributed by atoms with Gasteiger partial charge in [-0.05, 0) is 22.0 Å². The van der Waals surface area contributed by atoms with Crippen LogP contribution in [0, 0.1) is 4.64 Å². The first-order valence-corrected chi connectivity index (χ1v) is 4.33. The third-order valence-electron chi connectivity index (χ3n) is 1.56. The van der Waals surface area contributed by atoms with Gasteiger partial charge in [-0.25, -0.2) is 0 Å². The summed E-state index contributed by atoms with van der Waals surface area (Å²) in [5.41, 5.74) is 1.06. The summed E-state index contributed by atoms with van der Waals surface area (Å²) in [7, 11) is 0. The molecule has 2 aromatic rings. The summed E-state index contributed by atoms with van der Waals surface area (Å²) < 4.78 is 1.68. The monoisotopic (exact) mass is 228 g/mol. The Morgan fingerprint density at radius 3 is 3.00 bits per heavy atom. The molecule has 2 N–H and O–H groups in total. The largest absolute Gasteiger partial charge is 0.360 e. The van der Waals surface area contributed by atoms with E-state index in [0.717, 1.165) is 20.0 Å². The van der Waals surface area contributed by atoms with E-state index in [1.165, 1.54) is 0 Å². The van der Waals surface area contributed by atoms with Gasteiger partial charge in [0, 0.05) is 17.8 Å². The lowest BCUT2D eigenvalue weighted by Crippen LogP contribution is -1.76. The van der Waals surface area contributed by atoms with E-state index in [1.54, 1.807) is 0 Å². The molecule has 2 heterocycles. The van der Waals surface area contributed by atoms with E-state index in [4.69, 9.17) is 12.2 Å². The zero-order chi connectivity index (χ0) is 7.84. The van der Waals surface area contributed by atoms with Gasteiger partial charge < -0.3 is 9.97 Å². The van der Waals surface area contributed by atoms with Gasteiger partial charge in [0.25, 0.3) is 0 Å². The van der Waals surface area contributed by atoms with Gasteiger partial charge in [0.15, 0.2) is 0 Å². The van der Waals surface area contributed by atoms with Crippen LogP contribution in [0.4, 0.5) is 0 Å². The highest BCUT2D eigenvalue weighted by molar-refractivity contribution is 9.10. The van der Waals surface area contributed by atoms with Gasteiger partial charge in [-0.3, -0.25) is 0 Å². The molecule has 0 saturated heterocycles. The highest BCUT2D eigenvalue weighted by Gasteiger charge is 1.99. The number of rotatable bonds is 0. The standard InChI is InChI=1S/C7H5BrN2S/c8-6-4-1-2-9-5(4)3-10-7(6)11/h1-3,9H,(H,10,11). The molecule has 56 valence electrons. The molecule has 0 aliphatic carbocycles. The van der Waals surface area contributed by atoms with Crippen molar-refractivity contribution in [1.82, 2.24) is 9.97 Å². The summed E-state index contributed by atoms with van der Waals surface area (Å²) in [5.74, 6) is 0. The van der Waals surface area contributed by atoms with Crippen LogP contribution in [0.1, 0.15) is 0 Å². The molecule has 0 spiro atoms. The predicted octanol–water partition coefficient (Wildman–Crippen LogP) is 2.99. The van der Waals surface area contributed by atoms with Crippen molar-refractivity contribution >= 4 is 39.1 Å². The van der Waals surface area contributed by atoms with Gasteiger partial charge in [-0.1, -0.05) is 12.2 Å². The topological polar surface area (TPSA) is 31.6 Å². The van der Waals surface area contributed by atoms with Crippen molar-refractivity contribution in [2.24, 2.45) is 0 Å².